The zero-order chi connectivity index (χ0) is 13.9. The van der Waals surface area contributed by atoms with Gasteiger partial charge in [-0.3, -0.25) is 0 Å². The lowest BCUT2D eigenvalue weighted by molar-refractivity contribution is -0.170. The van der Waals surface area contributed by atoms with Gasteiger partial charge in [-0.15, -0.1) is 0 Å². The van der Waals surface area contributed by atoms with Gasteiger partial charge in [-0.1, -0.05) is 30.3 Å². The van der Waals surface area contributed by atoms with Crippen LogP contribution in [-0.4, -0.2) is 33.9 Å². The molecule has 1 aromatic rings. The van der Waals surface area contributed by atoms with E-state index in [9.17, 15) is 14.7 Å². The van der Waals surface area contributed by atoms with Gasteiger partial charge in [0.25, 0.3) is 0 Å². The largest absolute Gasteiger partial charge is 0.479 e. The van der Waals surface area contributed by atoms with Crippen molar-refractivity contribution in [1.82, 2.24) is 5.32 Å². The van der Waals surface area contributed by atoms with Crippen LogP contribution >= 0.6 is 0 Å². The molecule has 1 aliphatic rings. The molecule has 1 saturated carbocycles. The minimum absolute atomic E-state index is 0.00275. The van der Waals surface area contributed by atoms with E-state index in [2.05, 4.69) is 5.32 Å². The monoisotopic (exact) mass is 265 g/mol. The van der Waals surface area contributed by atoms with E-state index in [0.717, 1.165) is 5.56 Å². The standard InChI is InChI=1S/C13H15NO5/c15-11(16)13(18)6-10(7-13)14-12(17)19-8-9-4-2-1-3-5-9/h1-5,10,18H,6-8H2,(H,14,17)(H,15,16). The van der Waals surface area contributed by atoms with Gasteiger partial charge in [-0.05, 0) is 5.56 Å². The predicted molar refractivity (Wildman–Crippen MR) is 65.4 cm³/mol. The van der Waals surface area contributed by atoms with Crippen LogP contribution in [0.3, 0.4) is 0 Å². The van der Waals surface area contributed by atoms with Crippen molar-refractivity contribution in [3.8, 4) is 0 Å². The van der Waals surface area contributed by atoms with E-state index in [1.165, 1.54) is 0 Å². The molecule has 1 fully saturated rings. The molecule has 1 amide bonds. The number of carboxylic acid groups (broad SMARTS) is 1. The second-order valence-electron chi connectivity index (χ2n) is 4.65. The highest BCUT2D eigenvalue weighted by atomic mass is 16.5. The Morgan fingerprint density at radius 2 is 1.95 bits per heavy atom. The first-order chi connectivity index (χ1) is 8.99. The van der Waals surface area contributed by atoms with E-state index in [-0.39, 0.29) is 25.5 Å². The fraction of sp³-hybridized carbons (Fsp3) is 0.385. The van der Waals surface area contributed by atoms with E-state index < -0.39 is 17.7 Å². The molecule has 0 bridgehead atoms. The number of hydrogen-bond donors (Lipinski definition) is 3. The Morgan fingerprint density at radius 1 is 1.32 bits per heavy atom. The van der Waals surface area contributed by atoms with Gasteiger partial charge < -0.3 is 20.3 Å². The third kappa shape index (κ3) is 3.23. The maximum Gasteiger partial charge on any atom is 0.407 e. The van der Waals surface area contributed by atoms with Crippen LogP contribution in [0, 0.1) is 0 Å². The summed E-state index contributed by atoms with van der Waals surface area (Å²) in [6, 6.07) is 8.86. The first-order valence-corrected chi connectivity index (χ1v) is 5.92. The summed E-state index contributed by atoms with van der Waals surface area (Å²) < 4.78 is 4.98. The highest BCUT2D eigenvalue weighted by Gasteiger charge is 2.49. The third-order valence-corrected chi connectivity index (χ3v) is 3.10. The topological polar surface area (TPSA) is 95.9 Å². The molecule has 6 heteroatoms. The fourth-order valence-corrected chi connectivity index (χ4v) is 1.96. The SMILES string of the molecule is O=C(NC1CC(O)(C(=O)O)C1)OCc1ccccc1. The summed E-state index contributed by atoms with van der Waals surface area (Å²) in [5.74, 6) is -1.26. The summed E-state index contributed by atoms with van der Waals surface area (Å²) in [5, 5.41) is 20.7. The minimum Gasteiger partial charge on any atom is -0.479 e. The molecule has 6 nitrogen and oxygen atoms in total. The minimum atomic E-state index is -1.71. The lowest BCUT2D eigenvalue weighted by atomic mass is 9.76. The molecule has 0 radical (unpaired) electrons. The second-order valence-corrected chi connectivity index (χ2v) is 4.65. The molecule has 2 rings (SSSR count). The summed E-state index contributed by atoms with van der Waals surface area (Å²) in [7, 11) is 0. The number of rotatable bonds is 4. The van der Waals surface area contributed by atoms with Crippen LogP contribution < -0.4 is 5.32 Å². The molecule has 0 saturated heterocycles. The van der Waals surface area contributed by atoms with Crippen molar-refractivity contribution in [2.75, 3.05) is 0 Å². The first-order valence-electron chi connectivity index (χ1n) is 5.92. The van der Waals surface area contributed by atoms with Gasteiger partial charge in [0.2, 0.25) is 0 Å². The van der Waals surface area contributed by atoms with Gasteiger partial charge in [0, 0.05) is 18.9 Å². The molecular weight excluding hydrogens is 250 g/mol. The van der Waals surface area contributed by atoms with Crippen molar-refractivity contribution < 1.29 is 24.5 Å². The number of aliphatic carboxylic acids is 1. The lowest BCUT2D eigenvalue weighted by Crippen LogP contribution is -2.59. The average molecular weight is 265 g/mol. The van der Waals surface area contributed by atoms with Crippen LogP contribution in [0.1, 0.15) is 18.4 Å². The quantitative estimate of drug-likeness (QED) is 0.751. The molecular formula is C13H15NO5. The Labute approximate surface area is 110 Å². The number of carboxylic acids is 1. The van der Waals surface area contributed by atoms with E-state index in [1.807, 2.05) is 30.3 Å². The predicted octanol–water partition coefficient (Wildman–Crippen LogP) is 0.891. The molecule has 1 aromatic carbocycles. The van der Waals surface area contributed by atoms with Gasteiger partial charge in [-0.25, -0.2) is 9.59 Å². The zero-order valence-electron chi connectivity index (χ0n) is 10.2. The van der Waals surface area contributed by atoms with Crippen molar-refractivity contribution in [2.24, 2.45) is 0 Å². The van der Waals surface area contributed by atoms with Crippen molar-refractivity contribution >= 4 is 12.1 Å². The fourth-order valence-electron chi connectivity index (χ4n) is 1.96. The summed E-state index contributed by atoms with van der Waals surface area (Å²) in [6.45, 7) is 0.155. The Bertz CT molecular complexity index is 467. The number of hydrogen-bond acceptors (Lipinski definition) is 4. The van der Waals surface area contributed by atoms with Crippen LogP contribution in [0.25, 0.3) is 0 Å². The number of alkyl carbamates (subject to hydrolysis) is 1. The van der Waals surface area contributed by atoms with Gasteiger partial charge in [0.1, 0.15) is 6.61 Å². The highest BCUT2D eigenvalue weighted by molar-refractivity contribution is 5.79. The Morgan fingerprint density at radius 3 is 2.53 bits per heavy atom. The van der Waals surface area contributed by atoms with E-state index in [1.54, 1.807) is 0 Å². The third-order valence-electron chi connectivity index (χ3n) is 3.10. The summed E-state index contributed by atoms with van der Waals surface area (Å²) in [4.78, 5) is 22.1. The Hall–Kier alpha value is -2.08. The normalized spacial score (nSPS) is 25.2. The summed E-state index contributed by atoms with van der Waals surface area (Å²) >= 11 is 0. The molecule has 0 spiro atoms. The zero-order valence-corrected chi connectivity index (χ0v) is 10.2. The van der Waals surface area contributed by atoms with Crippen molar-refractivity contribution in [2.45, 2.75) is 31.1 Å². The Kier molecular flexibility index (Phi) is 3.71. The van der Waals surface area contributed by atoms with E-state index in [4.69, 9.17) is 9.84 Å². The highest BCUT2D eigenvalue weighted by Crippen LogP contribution is 2.32. The van der Waals surface area contributed by atoms with Crippen LogP contribution in [0.4, 0.5) is 4.79 Å². The number of amides is 1. The molecule has 102 valence electrons. The lowest BCUT2D eigenvalue weighted by Gasteiger charge is -2.39. The molecule has 0 heterocycles. The van der Waals surface area contributed by atoms with E-state index >= 15 is 0 Å². The molecule has 0 unspecified atom stereocenters. The average Bonchev–Trinajstić information content (AvgIpc) is 2.35. The molecule has 19 heavy (non-hydrogen) atoms. The smallest absolute Gasteiger partial charge is 0.407 e. The first kappa shape index (κ1) is 13.4. The van der Waals surface area contributed by atoms with Crippen LogP contribution in [0.15, 0.2) is 30.3 Å². The van der Waals surface area contributed by atoms with Crippen molar-refractivity contribution in [3.63, 3.8) is 0 Å². The number of aliphatic hydroxyl groups is 1. The summed E-state index contributed by atoms with van der Waals surface area (Å²) in [5.41, 5.74) is -0.842. The summed E-state index contributed by atoms with van der Waals surface area (Å²) in [6.07, 6.45) is -0.604. The maximum absolute atomic E-state index is 11.4. The number of carbonyl (C=O) groups is 2. The maximum atomic E-state index is 11.4. The van der Waals surface area contributed by atoms with Crippen molar-refractivity contribution in [3.05, 3.63) is 35.9 Å². The second kappa shape index (κ2) is 5.27. The van der Waals surface area contributed by atoms with Gasteiger partial charge in [-0.2, -0.15) is 0 Å². The number of nitrogens with one attached hydrogen (secondary N) is 1. The van der Waals surface area contributed by atoms with Gasteiger partial charge in [0.05, 0.1) is 0 Å². The number of carbonyl (C=O) groups excluding carboxylic acids is 1. The van der Waals surface area contributed by atoms with Crippen LogP contribution in [-0.2, 0) is 16.1 Å². The van der Waals surface area contributed by atoms with Crippen LogP contribution in [0.5, 0.6) is 0 Å². The van der Waals surface area contributed by atoms with Crippen molar-refractivity contribution in [1.29, 1.82) is 0 Å². The number of benzene rings is 1. The molecule has 1 aliphatic carbocycles. The Balaban J connectivity index is 1.71. The van der Waals surface area contributed by atoms with Gasteiger partial charge >= 0.3 is 12.1 Å². The molecule has 0 aliphatic heterocycles. The van der Waals surface area contributed by atoms with Gasteiger partial charge in [0.15, 0.2) is 5.60 Å². The molecule has 0 atom stereocenters. The number of ether oxygens (including phenoxy) is 1. The molecule has 0 aromatic heterocycles. The molecule has 3 N–H and O–H groups in total. The van der Waals surface area contributed by atoms with Crippen LogP contribution in [0.2, 0.25) is 0 Å². The van der Waals surface area contributed by atoms with E-state index in [0.29, 0.717) is 0 Å².